The van der Waals surface area contributed by atoms with E-state index >= 15 is 0 Å². The minimum absolute atomic E-state index is 0.0203. The average molecular weight is 329 g/mol. The van der Waals surface area contributed by atoms with Crippen LogP contribution in [0.15, 0.2) is 18.3 Å². The number of amides is 1. The molecule has 7 heteroatoms. The smallest absolute Gasteiger partial charge is 0.271 e. The van der Waals surface area contributed by atoms with Crippen molar-refractivity contribution in [1.29, 1.82) is 0 Å². The fraction of sp³-hybridized carbons (Fsp3) is 0.588. The Morgan fingerprint density at radius 3 is 2.92 bits per heavy atom. The van der Waals surface area contributed by atoms with Crippen molar-refractivity contribution in [3.63, 3.8) is 0 Å². The number of nitrogens with zero attached hydrogens (tertiary/aromatic N) is 5. The standard InChI is InChI=1S/C17H23N5O2/c1-20-8-3-4-14(20)17(23)21-9-7-13-16(15(21)11-24-2)18-19-22(13)10-12-5-6-12/h3-4,8,12,15H,5-7,9-11H2,1-2H3/t15-/m0/s1. The van der Waals surface area contributed by atoms with Crippen LogP contribution in [0.5, 0.6) is 0 Å². The van der Waals surface area contributed by atoms with Crippen LogP contribution >= 0.6 is 0 Å². The van der Waals surface area contributed by atoms with Crippen LogP contribution in [-0.2, 0) is 24.8 Å². The molecular formula is C17H23N5O2. The summed E-state index contributed by atoms with van der Waals surface area (Å²) in [5, 5.41) is 8.76. The topological polar surface area (TPSA) is 65.2 Å². The van der Waals surface area contributed by atoms with E-state index in [-0.39, 0.29) is 11.9 Å². The third-order valence-electron chi connectivity index (χ3n) is 5.03. The number of ether oxygens (including phenoxy) is 1. The largest absolute Gasteiger partial charge is 0.382 e. The molecule has 1 aliphatic heterocycles. The predicted molar refractivity (Wildman–Crippen MR) is 87.5 cm³/mol. The molecular weight excluding hydrogens is 306 g/mol. The molecule has 1 aliphatic carbocycles. The van der Waals surface area contributed by atoms with Crippen LogP contribution in [0.25, 0.3) is 0 Å². The van der Waals surface area contributed by atoms with Gasteiger partial charge in [-0.15, -0.1) is 5.10 Å². The Morgan fingerprint density at radius 1 is 1.42 bits per heavy atom. The number of aryl methyl sites for hydroxylation is 1. The van der Waals surface area contributed by atoms with E-state index in [4.69, 9.17) is 4.74 Å². The minimum Gasteiger partial charge on any atom is -0.382 e. The molecule has 128 valence electrons. The minimum atomic E-state index is -0.172. The van der Waals surface area contributed by atoms with Gasteiger partial charge in [0, 0.05) is 39.9 Å². The van der Waals surface area contributed by atoms with Crippen molar-refractivity contribution >= 4 is 5.91 Å². The first-order valence-electron chi connectivity index (χ1n) is 8.52. The van der Waals surface area contributed by atoms with Gasteiger partial charge >= 0.3 is 0 Å². The van der Waals surface area contributed by atoms with Crippen molar-refractivity contribution in [2.45, 2.75) is 31.8 Å². The molecule has 0 radical (unpaired) electrons. The number of hydrogen-bond donors (Lipinski definition) is 0. The predicted octanol–water partition coefficient (Wildman–Crippen LogP) is 1.41. The zero-order valence-corrected chi connectivity index (χ0v) is 14.2. The molecule has 0 unspecified atom stereocenters. The van der Waals surface area contributed by atoms with E-state index in [2.05, 4.69) is 10.3 Å². The summed E-state index contributed by atoms with van der Waals surface area (Å²) in [6.45, 7) is 2.06. The van der Waals surface area contributed by atoms with Gasteiger partial charge in [0.15, 0.2) is 0 Å². The van der Waals surface area contributed by atoms with E-state index in [1.165, 1.54) is 18.5 Å². The highest BCUT2D eigenvalue weighted by molar-refractivity contribution is 5.93. The Morgan fingerprint density at radius 2 is 2.25 bits per heavy atom. The number of hydrogen-bond acceptors (Lipinski definition) is 4. The molecule has 2 aromatic heterocycles. The fourth-order valence-corrected chi connectivity index (χ4v) is 3.48. The van der Waals surface area contributed by atoms with Gasteiger partial charge in [0.05, 0.1) is 12.3 Å². The summed E-state index contributed by atoms with van der Waals surface area (Å²) < 4.78 is 9.29. The maximum absolute atomic E-state index is 13.0. The molecule has 3 heterocycles. The van der Waals surface area contributed by atoms with Gasteiger partial charge in [-0.3, -0.25) is 4.79 Å². The fourth-order valence-electron chi connectivity index (χ4n) is 3.48. The Balaban J connectivity index is 1.63. The Kier molecular flexibility index (Phi) is 3.88. The third kappa shape index (κ3) is 2.62. The molecule has 1 amide bonds. The lowest BCUT2D eigenvalue weighted by Gasteiger charge is -2.34. The molecule has 1 fully saturated rings. The molecule has 2 aromatic rings. The molecule has 1 atom stereocenters. The highest BCUT2D eigenvalue weighted by atomic mass is 16.5. The van der Waals surface area contributed by atoms with Crippen LogP contribution < -0.4 is 0 Å². The van der Waals surface area contributed by atoms with E-state index in [1.807, 2.05) is 39.5 Å². The summed E-state index contributed by atoms with van der Waals surface area (Å²) in [4.78, 5) is 14.8. The normalized spacial score (nSPS) is 20.2. The number of fused-ring (bicyclic) bond motifs is 1. The maximum atomic E-state index is 13.0. The lowest BCUT2D eigenvalue weighted by Crippen LogP contribution is -2.43. The SMILES string of the molecule is COC[C@H]1c2nnn(CC3CC3)c2CCN1C(=O)c1cccn1C. The monoisotopic (exact) mass is 329 g/mol. The second-order valence-electron chi connectivity index (χ2n) is 6.77. The Bertz CT molecular complexity index is 746. The van der Waals surface area contributed by atoms with Crippen molar-refractivity contribution in [2.24, 2.45) is 13.0 Å². The van der Waals surface area contributed by atoms with Crippen LogP contribution in [0.1, 0.15) is 40.8 Å². The summed E-state index contributed by atoms with van der Waals surface area (Å²) in [5.41, 5.74) is 2.75. The maximum Gasteiger partial charge on any atom is 0.271 e. The Hall–Kier alpha value is -2.15. The lowest BCUT2D eigenvalue weighted by molar-refractivity contribution is 0.0481. The van der Waals surface area contributed by atoms with Crippen LogP contribution in [0.3, 0.4) is 0 Å². The van der Waals surface area contributed by atoms with Gasteiger partial charge in [0.25, 0.3) is 5.91 Å². The first-order valence-corrected chi connectivity index (χ1v) is 8.52. The van der Waals surface area contributed by atoms with E-state index in [9.17, 15) is 4.79 Å². The number of rotatable bonds is 5. The molecule has 4 rings (SSSR count). The highest BCUT2D eigenvalue weighted by Gasteiger charge is 2.36. The van der Waals surface area contributed by atoms with Gasteiger partial charge in [-0.1, -0.05) is 5.21 Å². The number of aromatic nitrogens is 4. The van der Waals surface area contributed by atoms with Gasteiger partial charge < -0.3 is 14.2 Å². The number of carbonyl (C=O) groups is 1. The van der Waals surface area contributed by atoms with Crippen molar-refractivity contribution in [2.75, 3.05) is 20.3 Å². The van der Waals surface area contributed by atoms with E-state index in [1.54, 1.807) is 7.11 Å². The first kappa shape index (κ1) is 15.4. The van der Waals surface area contributed by atoms with Gasteiger partial charge in [0.1, 0.15) is 17.4 Å². The van der Waals surface area contributed by atoms with Crippen LogP contribution in [0.4, 0.5) is 0 Å². The quantitative estimate of drug-likeness (QED) is 0.832. The van der Waals surface area contributed by atoms with Crippen LogP contribution in [0.2, 0.25) is 0 Å². The molecule has 0 N–H and O–H groups in total. The lowest BCUT2D eigenvalue weighted by atomic mass is 10.0. The molecule has 2 aliphatic rings. The molecule has 0 aromatic carbocycles. The number of carbonyl (C=O) groups excluding carboxylic acids is 1. The van der Waals surface area contributed by atoms with Crippen molar-refractivity contribution < 1.29 is 9.53 Å². The molecule has 0 saturated heterocycles. The van der Waals surface area contributed by atoms with Gasteiger partial charge in [-0.2, -0.15) is 0 Å². The summed E-state index contributed by atoms with van der Waals surface area (Å²) in [6.07, 6.45) is 5.26. The second-order valence-corrected chi connectivity index (χ2v) is 6.77. The summed E-state index contributed by atoms with van der Waals surface area (Å²) in [5.74, 6) is 0.770. The van der Waals surface area contributed by atoms with Crippen molar-refractivity contribution in [1.82, 2.24) is 24.5 Å². The van der Waals surface area contributed by atoms with E-state index in [0.717, 1.165) is 24.6 Å². The molecule has 24 heavy (non-hydrogen) atoms. The molecule has 7 nitrogen and oxygen atoms in total. The Labute approximate surface area is 141 Å². The van der Waals surface area contributed by atoms with Crippen molar-refractivity contribution in [3.8, 4) is 0 Å². The average Bonchev–Trinajstić information content (AvgIpc) is 3.14. The molecule has 0 spiro atoms. The van der Waals surface area contributed by atoms with Gasteiger partial charge in [-0.25, -0.2) is 4.68 Å². The highest BCUT2D eigenvalue weighted by Crippen LogP contribution is 2.34. The van der Waals surface area contributed by atoms with Crippen LogP contribution in [-0.4, -0.2) is 50.6 Å². The number of methoxy groups -OCH3 is 1. The third-order valence-corrected chi connectivity index (χ3v) is 5.03. The zero-order valence-electron chi connectivity index (χ0n) is 14.2. The van der Waals surface area contributed by atoms with Gasteiger partial charge in [-0.05, 0) is 30.9 Å². The second kappa shape index (κ2) is 6.05. The molecule has 1 saturated carbocycles. The molecule has 0 bridgehead atoms. The summed E-state index contributed by atoms with van der Waals surface area (Å²) in [6, 6.07) is 3.57. The van der Waals surface area contributed by atoms with E-state index in [0.29, 0.717) is 18.8 Å². The summed E-state index contributed by atoms with van der Waals surface area (Å²) in [7, 11) is 3.55. The first-order chi connectivity index (χ1) is 11.7. The van der Waals surface area contributed by atoms with Gasteiger partial charge in [0.2, 0.25) is 0 Å². The zero-order chi connectivity index (χ0) is 16.7. The van der Waals surface area contributed by atoms with Crippen LogP contribution in [0, 0.1) is 5.92 Å². The van der Waals surface area contributed by atoms with Crippen molar-refractivity contribution in [3.05, 3.63) is 35.4 Å². The summed E-state index contributed by atoms with van der Waals surface area (Å²) >= 11 is 0. The van der Waals surface area contributed by atoms with E-state index < -0.39 is 0 Å².